The van der Waals surface area contributed by atoms with Crippen molar-refractivity contribution in [3.05, 3.63) is 42.0 Å². The van der Waals surface area contributed by atoms with Crippen molar-refractivity contribution in [3.63, 3.8) is 0 Å². The Kier molecular flexibility index (Phi) is 6.47. The van der Waals surface area contributed by atoms with E-state index in [9.17, 15) is 4.79 Å². The van der Waals surface area contributed by atoms with Gasteiger partial charge in [-0.3, -0.25) is 0 Å². The molecule has 3 unspecified atom stereocenters. The summed E-state index contributed by atoms with van der Waals surface area (Å²) < 4.78 is 11.5. The number of hydrogen-bond acceptors (Lipinski definition) is 3. The lowest BCUT2D eigenvalue weighted by molar-refractivity contribution is -0.0174. The summed E-state index contributed by atoms with van der Waals surface area (Å²) in [6.45, 7) is 12.9. The molecule has 0 N–H and O–H groups in total. The quantitative estimate of drug-likeness (QED) is 0.527. The largest absolute Gasteiger partial charge is 0.489 e. The van der Waals surface area contributed by atoms with Crippen LogP contribution in [0.25, 0.3) is 0 Å². The Hall–Kier alpha value is -1.77. The minimum atomic E-state index is -0.250. The maximum Gasteiger partial charge on any atom is 0.338 e. The third kappa shape index (κ3) is 5.12. The van der Waals surface area contributed by atoms with Gasteiger partial charge in [-0.1, -0.05) is 39.8 Å². The van der Waals surface area contributed by atoms with Gasteiger partial charge in [-0.25, -0.2) is 4.79 Å². The normalized spacial score (nSPS) is 23.8. The lowest BCUT2D eigenvalue weighted by atomic mass is 9.75. The van der Waals surface area contributed by atoms with Gasteiger partial charge in [0.1, 0.15) is 18.5 Å². The van der Waals surface area contributed by atoms with E-state index in [1.807, 2.05) is 19.1 Å². The Bertz CT molecular complexity index is 576. The molecule has 2 rings (SSSR count). The number of benzene rings is 1. The highest BCUT2D eigenvalue weighted by atomic mass is 16.5. The molecule has 0 amide bonds. The van der Waals surface area contributed by atoms with E-state index in [2.05, 4.69) is 27.4 Å². The van der Waals surface area contributed by atoms with Crippen molar-refractivity contribution in [2.75, 3.05) is 6.61 Å². The van der Waals surface area contributed by atoms with Gasteiger partial charge in [-0.15, -0.1) is 0 Å². The summed E-state index contributed by atoms with van der Waals surface area (Å²) in [5.41, 5.74) is 1.49. The summed E-state index contributed by atoms with van der Waals surface area (Å²) >= 11 is 0. The molecule has 1 aromatic carbocycles. The van der Waals surface area contributed by atoms with Crippen LogP contribution < -0.4 is 4.74 Å². The summed E-state index contributed by atoms with van der Waals surface area (Å²) in [6, 6.07) is 7.21. The molecule has 0 bridgehead atoms. The lowest BCUT2D eigenvalue weighted by Gasteiger charge is -2.36. The highest BCUT2D eigenvalue weighted by Crippen LogP contribution is 2.35. The van der Waals surface area contributed by atoms with Crippen molar-refractivity contribution < 1.29 is 14.3 Å². The molecule has 3 atom stereocenters. The molecule has 0 radical (unpaired) electrons. The number of ether oxygens (including phenoxy) is 2. The van der Waals surface area contributed by atoms with Crippen molar-refractivity contribution in [1.29, 1.82) is 0 Å². The first-order valence-electron chi connectivity index (χ1n) is 8.95. The topological polar surface area (TPSA) is 35.5 Å². The average Bonchev–Trinajstić information content (AvgIpc) is 2.53. The van der Waals surface area contributed by atoms with Crippen LogP contribution in [0.2, 0.25) is 0 Å². The van der Waals surface area contributed by atoms with Crippen molar-refractivity contribution in [2.45, 2.75) is 53.1 Å². The van der Waals surface area contributed by atoms with Crippen LogP contribution >= 0.6 is 0 Å². The predicted octanol–water partition coefficient (Wildman–Crippen LogP) is 5.26. The number of carbonyl (C=O) groups is 1. The fraction of sp³-hybridized carbons (Fsp3) is 0.571. The first kappa shape index (κ1) is 18.6. The molecule has 132 valence electrons. The van der Waals surface area contributed by atoms with Crippen LogP contribution in [0.3, 0.4) is 0 Å². The predicted molar refractivity (Wildman–Crippen MR) is 97.3 cm³/mol. The molecule has 1 aromatic rings. The molecule has 1 saturated carbocycles. The smallest absolute Gasteiger partial charge is 0.338 e. The number of carbonyl (C=O) groups excluding carboxylic acids is 1. The third-order valence-electron chi connectivity index (χ3n) is 4.77. The molecular weight excluding hydrogens is 300 g/mol. The van der Waals surface area contributed by atoms with E-state index in [4.69, 9.17) is 9.47 Å². The third-order valence-corrected chi connectivity index (χ3v) is 4.77. The van der Waals surface area contributed by atoms with Crippen LogP contribution in [0.15, 0.2) is 36.4 Å². The zero-order valence-electron chi connectivity index (χ0n) is 15.4. The SMILES string of the molecule is C=C(C)COc1cccc(C(=O)OC2CC(C)CCC2C(C)C)c1. The van der Waals surface area contributed by atoms with Crippen molar-refractivity contribution in [3.8, 4) is 5.75 Å². The van der Waals surface area contributed by atoms with E-state index < -0.39 is 0 Å². The van der Waals surface area contributed by atoms with Gasteiger partial charge in [-0.05, 0) is 61.3 Å². The molecule has 0 saturated heterocycles. The summed E-state index contributed by atoms with van der Waals surface area (Å²) in [6.07, 6.45) is 3.33. The van der Waals surface area contributed by atoms with Gasteiger partial charge in [0.25, 0.3) is 0 Å². The minimum Gasteiger partial charge on any atom is -0.489 e. The lowest BCUT2D eigenvalue weighted by Crippen LogP contribution is -2.35. The van der Waals surface area contributed by atoms with Crippen molar-refractivity contribution in [2.24, 2.45) is 17.8 Å². The van der Waals surface area contributed by atoms with E-state index >= 15 is 0 Å². The Morgan fingerprint density at radius 2 is 2.08 bits per heavy atom. The van der Waals surface area contributed by atoms with E-state index in [1.165, 1.54) is 6.42 Å². The van der Waals surface area contributed by atoms with E-state index in [-0.39, 0.29) is 12.1 Å². The summed E-state index contributed by atoms with van der Waals surface area (Å²) in [7, 11) is 0. The highest BCUT2D eigenvalue weighted by molar-refractivity contribution is 5.90. The van der Waals surface area contributed by atoms with Crippen LogP contribution in [-0.2, 0) is 4.74 Å². The number of rotatable bonds is 6. The zero-order valence-corrected chi connectivity index (χ0v) is 15.4. The van der Waals surface area contributed by atoms with E-state index in [0.717, 1.165) is 18.4 Å². The second-order valence-corrected chi connectivity index (χ2v) is 7.54. The Balaban J connectivity index is 2.05. The molecule has 3 nitrogen and oxygen atoms in total. The van der Waals surface area contributed by atoms with E-state index in [1.54, 1.807) is 12.1 Å². The Labute approximate surface area is 146 Å². The molecular formula is C21H30O3. The molecule has 1 fully saturated rings. The standard InChI is InChI=1S/C21H30O3/c1-14(2)13-23-18-8-6-7-17(12-18)21(22)24-20-11-16(5)9-10-19(20)15(3)4/h6-8,12,15-16,19-20H,1,9-11,13H2,2-5H3. The molecule has 1 aliphatic carbocycles. The van der Waals surface area contributed by atoms with Crippen molar-refractivity contribution >= 4 is 5.97 Å². The van der Waals surface area contributed by atoms with Crippen LogP contribution in [0.4, 0.5) is 0 Å². The van der Waals surface area contributed by atoms with Gasteiger partial charge in [0.05, 0.1) is 5.56 Å². The van der Waals surface area contributed by atoms with Crippen LogP contribution in [0.1, 0.15) is 57.3 Å². The fourth-order valence-electron chi connectivity index (χ4n) is 3.38. The first-order valence-corrected chi connectivity index (χ1v) is 8.95. The van der Waals surface area contributed by atoms with Gasteiger partial charge in [0.2, 0.25) is 0 Å². The van der Waals surface area contributed by atoms with Gasteiger partial charge >= 0.3 is 5.97 Å². The molecule has 0 aromatic heterocycles. The molecule has 24 heavy (non-hydrogen) atoms. The molecule has 3 heteroatoms. The molecule has 1 aliphatic rings. The maximum atomic E-state index is 12.6. The van der Waals surface area contributed by atoms with Crippen LogP contribution in [0, 0.1) is 17.8 Å². The van der Waals surface area contributed by atoms with Gasteiger partial charge in [0.15, 0.2) is 0 Å². The average molecular weight is 330 g/mol. The second-order valence-electron chi connectivity index (χ2n) is 7.54. The van der Waals surface area contributed by atoms with E-state index in [0.29, 0.717) is 35.7 Å². The maximum absolute atomic E-state index is 12.6. The van der Waals surface area contributed by atoms with Crippen LogP contribution in [0.5, 0.6) is 5.75 Å². The Morgan fingerprint density at radius 3 is 2.75 bits per heavy atom. The summed E-state index contributed by atoms with van der Waals surface area (Å²) in [4.78, 5) is 12.6. The minimum absolute atomic E-state index is 0.0150. The molecule has 0 spiro atoms. The fourth-order valence-corrected chi connectivity index (χ4v) is 3.38. The summed E-state index contributed by atoms with van der Waals surface area (Å²) in [5, 5.41) is 0. The summed E-state index contributed by atoms with van der Waals surface area (Å²) in [5.74, 6) is 2.02. The monoisotopic (exact) mass is 330 g/mol. The second kappa shape index (κ2) is 8.36. The molecule has 0 aliphatic heterocycles. The Morgan fingerprint density at radius 1 is 1.33 bits per heavy atom. The van der Waals surface area contributed by atoms with Gasteiger partial charge < -0.3 is 9.47 Å². The zero-order chi connectivity index (χ0) is 17.7. The van der Waals surface area contributed by atoms with Gasteiger partial charge in [-0.2, -0.15) is 0 Å². The first-order chi connectivity index (χ1) is 11.4. The number of hydrogen-bond donors (Lipinski definition) is 0. The number of esters is 1. The van der Waals surface area contributed by atoms with Crippen LogP contribution in [-0.4, -0.2) is 18.7 Å². The van der Waals surface area contributed by atoms with Crippen molar-refractivity contribution in [1.82, 2.24) is 0 Å². The molecule has 0 heterocycles. The highest BCUT2D eigenvalue weighted by Gasteiger charge is 2.33. The van der Waals surface area contributed by atoms with Gasteiger partial charge in [0, 0.05) is 0 Å².